The Balaban J connectivity index is 2.04. The molecule has 1 aromatic heterocycles. The van der Waals surface area contributed by atoms with E-state index >= 15 is 0 Å². The third-order valence-electron chi connectivity index (χ3n) is 4.12. The maximum absolute atomic E-state index is 13.6. The molecule has 0 fully saturated rings. The zero-order valence-corrected chi connectivity index (χ0v) is 18.1. The molecule has 1 heterocycles. The van der Waals surface area contributed by atoms with Crippen LogP contribution in [-0.4, -0.2) is 13.2 Å². The fraction of sp³-hybridized carbons (Fsp3) is 0.300. The number of hydrogen-bond donors (Lipinski definition) is 0. The van der Waals surface area contributed by atoms with Gasteiger partial charge in [0, 0.05) is 14.0 Å². The van der Waals surface area contributed by atoms with E-state index in [1.165, 1.54) is 4.70 Å². The highest BCUT2D eigenvalue weighted by atomic mass is 79.9. The van der Waals surface area contributed by atoms with Crippen molar-refractivity contribution in [1.82, 2.24) is 0 Å². The topological polar surface area (TPSA) is 35.5 Å². The van der Waals surface area contributed by atoms with Crippen LogP contribution in [-0.2, 0) is 20.0 Å². The molecule has 0 aliphatic rings. The van der Waals surface area contributed by atoms with Crippen molar-refractivity contribution in [2.45, 2.75) is 25.9 Å². The van der Waals surface area contributed by atoms with Gasteiger partial charge in [0.15, 0.2) is 0 Å². The van der Waals surface area contributed by atoms with Crippen molar-refractivity contribution in [2.24, 2.45) is 0 Å². The molecule has 0 aliphatic heterocycles. The first-order valence-electron chi connectivity index (χ1n) is 8.67. The lowest BCUT2D eigenvalue weighted by Gasteiger charge is -2.25. The van der Waals surface area contributed by atoms with Crippen LogP contribution in [0.4, 0.5) is 0 Å². The zero-order valence-electron chi connectivity index (χ0n) is 14.9. The molecule has 0 saturated carbocycles. The Kier molecular flexibility index (Phi) is 6.70. The SMILES string of the molecule is CCOP(=O)(OCC)C(Cc1ccc(Br)cc1)c1cc2ccccc2s1. The van der Waals surface area contributed by atoms with Crippen LogP contribution >= 0.6 is 34.9 Å². The van der Waals surface area contributed by atoms with Gasteiger partial charge in [-0.15, -0.1) is 11.3 Å². The van der Waals surface area contributed by atoms with Crippen LogP contribution in [0.25, 0.3) is 10.1 Å². The first-order valence-corrected chi connectivity index (χ1v) is 11.9. The molecular weight excluding hydrogens is 431 g/mol. The molecule has 2 aromatic carbocycles. The Hall–Kier alpha value is -0.970. The molecule has 0 aliphatic carbocycles. The summed E-state index contributed by atoms with van der Waals surface area (Å²) in [6.07, 6.45) is 0.609. The number of halogens is 1. The highest BCUT2D eigenvalue weighted by molar-refractivity contribution is 9.10. The van der Waals surface area contributed by atoms with Crippen molar-refractivity contribution in [2.75, 3.05) is 13.2 Å². The summed E-state index contributed by atoms with van der Waals surface area (Å²) in [7, 11) is -3.29. The predicted molar refractivity (Wildman–Crippen MR) is 113 cm³/mol. The van der Waals surface area contributed by atoms with E-state index in [1.807, 2.05) is 50.2 Å². The third kappa shape index (κ3) is 4.47. The monoisotopic (exact) mass is 452 g/mol. The molecule has 26 heavy (non-hydrogen) atoms. The first kappa shape index (κ1) is 19.8. The van der Waals surface area contributed by atoms with Gasteiger partial charge in [0.2, 0.25) is 0 Å². The number of hydrogen-bond acceptors (Lipinski definition) is 4. The summed E-state index contributed by atoms with van der Waals surface area (Å²) in [6.45, 7) is 4.43. The molecule has 138 valence electrons. The number of fused-ring (bicyclic) bond motifs is 1. The van der Waals surface area contributed by atoms with Gasteiger partial charge in [-0.05, 0) is 55.5 Å². The summed E-state index contributed by atoms with van der Waals surface area (Å²) < 4.78 is 27.2. The summed E-state index contributed by atoms with van der Waals surface area (Å²) in [4.78, 5) is 1.04. The van der Waals surface area contributed by atoms with Crippen LogP contribution < -0.4 is 0 Å². The Morgan fingerprint density at radius 3 is 2.31 bits per heavy atom. The van der Waals surface area contributed by atoms with Crippen LogP contribution in [0.15, 0.2) is 59.1 Å². The molecule has 0 bridgehead atoms. The van der Waals surface area contributed by atoms with Crippen molar-refractivity contribution in [1.29, 1.82) is 0 Å². The van der Waals surface area contributed by atoms with Crippen molar-refractivity contribution < 1.29 is 13.6 Å². The maximum Gasteiger partial charge on any atom is 0.339 e. The van der Waals surface area contributed by atoms with Gasteiger partial charge < -0.3 is 9.05 Å². The van der Waals surface area contributed by atoms with Gasteiger partial charge >= 0.3 is 7.60 Å². The van der Waals surface area contributed by atoms with Crippen LogP contribution in [0.5, 0.6) is 0 Å². The Morgan fingerprint density at radius 1 is 1.04 bits per heavy atom. The highest BCUT2D eigenvalue weighted by Crippen LogP contribution is 2.63. The molecule has 6 heteroatoms. The fourth-order valence-corrected chi connectivity index (χ4v) is 6.79. The summed E-state index contributed by atoms with van der Waals surface area (Å²) in [5.74, 6) is 0. The van der Waals surface area contributed by atoms with E-state index in [4.69, 9.17) is 9.05 Å². The quantitative estimate of drug-likeness (QED) is 0.338. The van der Waals surface area contributed by atoms with Crippen molar-refractivity contribution >= 4 is 44.9 Å². The second-order valence-corrected chi connectivity index (χ2v) is 10.2. The van der Waals surface area contributed by atoms with E-state index in [2.05, 4.69) is 34.1 Å². The maximum atomic E-state index is 13.6. The highest BCUT2D eigenvalue weighted by Gasteiger charge is 2.38. The first-order chi connectivity index (χ1) is 12.6. The summed E-state index contributed by atoms with van der Waals surface area (Å²) in [6, 6.07) is 18.4. The van der Waals surface area contributed by atoms with Crippen LogP contribution in [0, 0.1) is 0 Å². The fourth-order valence-electron chi connectivity index (χ4n) is 2.96. The Morgan fingerprint density at radius 2 is 1.69 bits per heavy atom. The second kappa shape index (κ2) is 8.81. The normalized spacial score (nSPS) is 13.2. The van der Waals surface area contributed by atoms with Gasteiger partial charge in [-0.25, -0.2) is 0 Å². The number of benzene rings is 2. The van der Waals surface area contributed by atoms with E-state index in [0.717, 1.165) is 20.3 Å². The van der Waals surface area contributed by atoms with E-state index in [0.29, 0.717) is 19.6 Å². The minimum atomic E-state index is -3.29. The van der Waals surface area contributed by atoms with Gasteiger partial charge in [0.25, 0.3) is 0 Å². The average Bonchev–Trinajstić information content (AvgIpc) is 3.05. The smallest absolute Gasteiger partial charge is 0.308 e. The summed E-state index contributed by atoms with van der Waals surface area (Å²) in [5, 5.41) is 1.16. The lowest BCUT2D eigenvalue weighted by Crippen LogP contribution is -2.08. The van der Waals surface area contributed by atoms with Crippen LogP contribution in [0.2, 0.25) is 0 Å². The van der Waals surface area contributed by atoms with Gasteiger partial charge in [0.05, 0.1) is 18.9 Å². The summed E-state index contributed by atoms with van der Waals surface area (Å²) >= 11 is 5.13. The zero-order chi connectivity index (χ0) is 18.6. The molecule has 0 N–H and O–H groups in total. The minimum absolute atomic E-state index is 0.319. The van der Waals surface area contributed by atoms with E-state index in [9.17, 15) is 4.57 Å². The summed E-state index contributed by atoms with van der Waals surface area (Å²) in [5.41, 5.74) is 0.788. The van der Waals surface area contributed by atoms with Gasteiger partial charge in [-0.2, -0.15) is 0 Å². The van der Waals surface area contributed by atoms with E-state index in [1.54, 1.807) is 11.3 Å². The molecule has 1 atom stereocenters. The number of thiophene rings is 1. The molecular formula is C20H22BrO3PS. The largest absolute Gasteiger partial charge is 0.339 e. The van der Waals surface area contributed by atoms with Crippen molar-refractivity contribution in [3.63, 3.8) is 0 Å². The lowest BCUT2D eigenvalue weighted by molar-refractivity contribution is 0.212. The molecule has 3 aromatic rings. The Labute approximate surface area is 167 Å². The lowest BCUT2D eigenvalue weighted by atomic mass is 10.1. The molecule has 0 saturated heterocycles. The van der Waals surface area contributed by atoms with Gasteiger partial charge in [-0.1, -0.05) is 46.3 Å². The van der Waals surface area contributed by atoms with Gasteiger partial charge in [-0.3, -0.25) is 4.57 Å². The van der Waals surface area contributed by atoms with Crippen molar-refractivity contribution in [3.8, 4) is 0 Å². The minimum Gasteiger partial charge on any atom is -0.308 e. The molecule has 3 rings (SSSR count). The molecule has 1 unspecified atom stereocenters. The third-order valence-corrected chi connectivity index (χ3v) is 8.51. The second-order valence-electron chi connectivity index (χ2n) is 5.91. The van der Waals surface area contributed by atoms with E-state index < -0.39 is 7.60 Å². The average molecular weight is 453 g/mol. The molecule has 3 nitrogen and oxygen atoms in total. The Bertz CT molecular complexity index is 864. The molecule has 0 amide bonds. The van der Waals surface area contributed by atoms with Crippen LogP contribution in [0.3, 0.4) is 0 Å². The number of rotatable bonds is 8. The van der Waals surface area contributed by atoms with Crippen LogP contribution in [0.1, 0.15) is 29.9 Å². The standard InChI is InChI=1S/C20H22BrO3PS/c1-3-23-25(22,24-4-2)18(13-15-9-11-17(21)12-10-15)20-14-16-7-5-6-8-19(16)26-20/h5-12,14,18H,3-4,13H2,1-2H3. The van der Waals surface area contributed by atoms with Crippen molar-refractivity contribution in [3.05, 3.63) is 69.5 Å². The molecule has 0 spiro atoms. The predicted octanol–water partition coefficient (Wildman–Crippen LogP) is 7.21. The van der Waals surface area contributed by atoms with Gasteiger partial charge in [0.1, 0.15) is 0 Å². The van der Waals surface area contributed by atoms with E-state index in [-0.39, 0.29) is 5.66 Å². The molecule has 0 radical (unpaired) electrons.